The van der Waals surface area contributed by atoms with Gasteiger partial charge in [-0.1, -0.05) is 35.9 Å². The number of aromatic nitrogens is 4. The molecule has 4 rings (SSSR count). The summed E-state index contributed by atoms with van der Waals surface area (Å²) in [6.07, 6.45) is -2.97. The molecule has 2 N–H and O–H groups in total. The highest BCUT2D eigenvalue weighted by molar-refractivity contribution is 6.30. The number of hydrogen-bond donors (Lipinski definition) is 1. The van der Waals surface area contributed by atoms with Gasteiger partial charge in [-0.3, -0.25) is 4.68 Å². The number of alkyl halides is 3. The van der Waals surface area contributed by atoms with Crippen LogP contribution in [0.4, 0.5) is 19.0 Å². The van der Waals surface area contributed by atoms with Gasteiger partial charge in [0.05, 0.1) is 29.1 Å². The van der Waals surface area contributed by atoms with Gasteiger partial charge in [0.15, 0.2) is 0 Å². The van der Waals surface area contributed by atoms with Crippen LogP contribution in [-0.4, -0.2) is 19.7 Å². The van der Waals surface area contributed by atoms with Gasteiger partial charge in [-0.25, -0.2) is 9.97 Å². The summed E-state index contributed by atoms with van der Waals surface area (Å²) in [5.41, 5.74) is 10.7. The van der Waals surface area contributed by atoms with Crippen LogP contribution in [0.5, 0.6) is 0 Å². The molecule has 0 aliphatic heterocycles. The third-order valence-electron chi connectivity index (χ3n) is 5.24. The summed E-state index contributed by atoms with van der Waals surface area (Å²) in [6, 6.07) is 12.3. The number of benzene rings is 2. The summed E-state index contributed by atoms with van der Waals surface area (Å²) in [5, 5.41) is 5.20. The van der Waals surface area contributed by atoms with Crippen LogP contribution in [-0.2, 0) is 12.7 Å². The lowest BCUT2D eigenvalue weighted by atomic mass is 9.98. The second kappa shape index (κ2) is 8.27. The summed E-state index contributed by atoms with van der Waals surface area (Å²) < 4.78 is 40.3. The fourth-order valence-electron chi connectivity index (χ4n) is 3.66. The van der Waals surface area contributed by atoms with Gasteiger partial charge in [-0.05, 0) is 49.2 Å². The number of halogens is 4. The molecule has 0 saturated carbocycles. The molecule has 0 amide bonds. The molecule has 0 aliphatic carbocycles. The fraction of sp³-hybridized carbons (Fsp3) is 0.174. The molecule has 0 bridgehead atoms. The van der Waals surface area contributed by atoms with Crippen molar-refractivity contribution in [1.82, 2.24) is 19.7 Å². The molecular formula is C23H19ClF3N5. The third-order valence-corrected chi connectivity index (χ3v) is 5.49. The van der Waals surface area contributed by atoms with E-state index in [1.54, 1.807) is 16.8 Å². The minimum Gasteiger partial charge on any atom is -0.383 e. The van der Waals surface area contributed by atoms with Crippen molar-refractivity contribution in [1.29, 1.82) is 0 Å². The molecule has 0 radical (unpaired) electrons. The minimum atomic E-state index is -4.37. The Kier molecular flexibility index (Phi) is 5.64. The summed E-state index contributed by atoms with van der Waals surface area (Å²) in [6.45, 7) is 4.07. The van der Waals surface area contributed by atoms with E-state index in [1.807, 2.05) is 26.0 Å². The monoisotopic (exact) mass is 457 g/mol. The Hall–Kier alpha value is -3.39. The zero-order valence-corrected chi connectivity index (χ0v) is 18.0. The van der Waals surface area contributed by atoms with Crippen molar-refractivity contribution in [3.63, 3.8) is 0 Å². The summed E-state index contributed by atoms with van der Waals surface area (Å²) in [5.74, 6) is 0.326. The van der Waals surface area contributed by atoms with Crippen molar-refractivity contribution in [2.24, 2.45) is 0 Å². The molecule has 0 spiro atoms. The molecule has 0 atom stereocenters. The third kappa shape index (κ3) is 4.18. The first-order valence-electron chi connectivity index (χ1n) is 9.72. The molecule has 164 valence electrons. The Morgan fingerprint density at radius 1 is 0.938 bits per heavy atom. The summed E-state index contributed by atoms with van der Waals surface area (Å²) >= 11 is 6.02. The maximum absolute atomic E-state index is 12.8. The van der Waals surface area contributed by atoms with E-state index in [0.29, 0.717) is 34.2 Å². The van der Waals surface area contributed by atoms with Crippen molar-refractivity contribution in [3.05, 3.63) is 82.4 Å². The van der Waals surface area contributed by atoms with E-state index in [1.165, 1.54) is 18.5 Å². The first kappa shape index (κ1) is 21.8. The largest absolute Gasteiger partial charge is 0.416 e. The van der Waals surface area contributed by atoms with Crippen LogP contribution >= 0.6 is 11.6 Å². The normalized spacial score (nSPS) is 11.7. The Labute approximate surface area is 187 Å². The number of nitrogens with two attached hydrogens (primary N) is 1. The lowest BCUT2D eigenvalue weighted by molar-refractivity contribution is -0.137. The Bertz CT molecular complexity index is 1260. The molecule has 9 heteroatoms. The smallest absolute Gasteiger partial charge is 0.383 e. The maximum Gasteiger partial charge on any atom is 0.416 e. The molecule has 2 heterocycles. The van der Waals surface area contributed by atoms with Crippen LogP contribution in [0, 0.1) is 13.8 Å². The highest BCUT2D eigenvalue weighted by Crippen LogP contribution is 2.37. The average molecular weight is 458 g/mol. The molecule has 2 aromatic heterocycles. The zero-order valence-electron chi connectivity index (χ0n) is 17.3. The number of rotatable bonds is 4. The van der Waals surface area contributed by atoms with E-state index < -0.39 is 11.7 Å². The molecule has 32 heavy (non-hydrogen) atoms. The molecule has 0 unspecified atom stereocenters. The molecule has 5 nitrogen and oxygen atoms in total. The molecule has 0 aliphatic rings. The van der Waals surface area contributed by atoms with E-state index in [0.717, 1.165) is 34.6 Å². The molecule has 0 fully saturated rings. The Balaban J connectivity index is 1.75. The number of anilines is 1. The number of nitrogens with zero attached hydrogens (tertiary/aromatic N) is 4. The van der Waals surface area contributed by atoms with Crippen molar-refractivity contribution in [3.8, 4) is 22.4 Å². The minimum absolute atomic E-state index is 0.321. The fourth-order valence-corrected chi connectivity index (χ4v) is 3.78. The highest BCUT2D eigenvalue weighted by atomic mass is 35.5. The first-order chi connectivity index (χ1) is 15.1. The summed E-state index contributed by atoms with van der Waals surface area (Å²) in [4.78, 5) is 8.63. The molecule has 2 aromatic carbocycles. The van der Waals surface area contributed by atoms with Crippen LogP contribution in [0.15, 0.2) is 54.9 Å². The van der Waals surface area contributed by atoms with Crippen molar-refractivity contribution in [2.75, 3.05) is 5.73 Å². The number of hydrogen-bond acceptors (Lipinski definition) is 4. The zero-order chi connectivity index (χ0) is 23.0. The van der Waals surface area contributed by atoms with Crippen LogP contribution in [0.25, 0.3) is 22.4 Å². The van der Waals surface area contributed by atoms with Gasteiger partial charge in [0, 0.05) is 16.3 Å². The first-order valence-corrected chi connectivity index (χ1v) is 10.1. The second-order valence-electron chi connectivity index (χ2n) is 7.39. The second-order valence-corrected chi connectivity index (χ2v) is 7.82. The SMILES string of the molecule is Cc1nn(Cc2ccc(C(F)(F)F)cc2)c(C)c1-c1ncnc(N)c1-c1ccc(Cl)cc1. The van der Waals surface area contributed by atoms with Gasteiger partial charge in [0.25, 0.3) is 0 Å². The van der Waals surface area contributed by atoms with Crippen LogP contribution in [0.2, 0.25) is 5.02 Å². The van der Waals surface area contributed by atoms with Crippen LogP contribution in [0.3, 0.4) is 0 Å². The van der Waals surface area contributed by atoms with E-state index in [-0.39, 0.29) is 0 Å². The van der Waals surface area contributed by atoms with Gasteiger partial charge < -0.3 is 5.73 Å². The van der Waals surface area contributed by atoms with Crippen molar-refractivity contribution in [2.45, 2.75) is 26.6 Å². The van der Waals surface area contributed by atoms with Crippen LogP contribution < -0.4 is 5.73 Å². The van der Waals surface area contributed by atoms with E-state index in [2.05, 4.69) is 15.1 Å². The van der Waals surface area contributed by atoms with Crippen molar-refractivity contribution < 1.29 is 13.2 Å². The Morgan fingerprint density at radius 2 is 1.59 bits per heavy atom. The average Bonchev–Trinajstić information content (AvgIpc) is 3.01. The lowest BCUT2D eigenvalue weighted by Crippen LogP contribution is -2.07. The predicted molar refractivity (Wildman–Crippen MR) is 118 cm³/mol. The van der Waals surface area contributed by atoms with E-state index in [9.17, 15) is 13.2 Å². The highest BCUT2D eigenvalue weighted by Gasteiger charge is 2.30. The lowest BCUT2D eigenvalue weighted by Gasteiger charge is -2.12. The Morgan fingerprint density at radius 3 is 2.22 bits per heavy atom. The molecule has 4 aromatic rings. The van der Waals surface area contributed by atoms with Gasteiger partial charge in [-0.15, -0.1) is 0 Å². The van der Waals surface area contributed by atoms with Crippen molar-refractivity contribution >= 4 is 17.4 Å². The van der Waals surface area contributed by atoms with E-state index >= 15 is 0 Å². The van der Waals surface area contributed by atoms with Crippen LogP contribution in [0.1, 0.15) is 22.5 Å². The quantitative estimate of drug-likeness (QED) is 0.412. The number of aryl methyl sites for hydroxylation is 1. The standard InChI is InChI=1S/C23H19ClF3N5/c1-13-19(21-20(22(28)30-12-29-21)16-5-9-18(24)10-6-16)14(2)32(31-13)11-15-3-7-17(8-4-15)23(25,26)27/h3-10,12H,11H2,1-2H3,(H2,28,29,30). The number of nitrogen functional groups attached to an aromatic ring is 1. The maximum atomic E-state index is 12.8. The predicted octanol–water partition coefficient (Wildman–Crippen LogP) is 5.93. The van der Waals surface area contributed by atoms with Gasteiger partial charge in [0.1, 0.15) is 12.1 Å². The van der Waals surface area contributed by atoms with Gasteiger partial charge >= 0.3 is 6.18 Å². The van der Waals surface area contributed by atoms with Gasteiger partial charge in [-0.2, -0.15) is 18.3 Å². The topological polar surface area (TPSA) is 69.6 Å². The van der Waals surface area contributed by atoms with E-state index in [4.69, 9.17) is 17.3 Å². The molecule has 0 saturated heterocycles. The van der Waals surface area contributed by atoms with Gasteiger partial charge in [0.2, 0.25) is 0 Å². The molecular weight excluding hydrogens is 439 g/mol. The summed E-state index contributed by atoms with van der Waals surface area (Å²) in [7, 11) is 0.